The van der Waals surface area contributed by atoms with Gasteiger partial charge in [-0.25, -0.2) is 0 Å². The number of aromatic nitrogens is 2. The minimum atomic E-state index is -1.23. The van der Waals surface area contributed by atoms with Crippen LogP contribution in [0.4, 0.5) is 5.69 Å². The van der Waals surface area contributed by atoms with Crippen LogP contribution in [0, 0.1) is 0 Å². The van der Waals surface area contributed by atoms with Crippen molar-refractivity contribution in [2.75, 3.05) is 5.73 Å². The second-order valence-electron chi connectivity index (χ2n) is 4.48. The maximum absolute atomic E-state index is 12.5. The SMILES string of the molecule is CCc1cc(CS(=O)c2cc(N)ccc2Cl)n(CC)n1. The van der Waals surface area contributed by atoms with Crippen molar-refractivity contribution in [3.05, 3.63) is 40.7 Å². The lowest BCUT2D eigenvalue weighted by Gasteiger charge is -2.07. The molecule has 4 nitrogen and oxygen atoms in total. The molecule has 20 heavy (non-hydrogen) atoms. The molecule has 108 valence electrons. The summed E-state index contributed by atoms with van der Waals surface area (Å²) in [5.41, 5.74) is 8.27. The second kappa shape index (κ2) is 6.41. The van der Waals surface area contributed by atoms with Crippen LogP contribution >= 0.6 is 11.6 Å². The lowest BCUT2D eigenvalue weighted by atomic mass is 10.3. The van der Waals surface area contributed by atoms with E-state index in [0.29, 0.717) is 21.4 Å². The average molecular weight is 312 g/mol. The molecular formula is C14H18ClN3OS. The van der Waals surface area contributed by atoms with Crippen molar-refractivity contribution in [2.24, 2.45) is 0 Å². The molecule has 0 aliphatic heterocycles. The van der Waals surface area contributed by atoms with Gasteiger partial charge in [0.2, 0.25) is 0 Å². The molecule has 2 N–H and O–H groups in total. The lowest BCUT2D eigenvalue weighted by molar-refractivity contribution is 0.623. The number of nitrogens with zero attached hydrogens (tertiary/aromatic N) is 2. The first-order chi connectivity index (χ1) is 9.55. The van der Waals surface area contributed by atoms with Crippen LogP contribution in [0.25, 0.3) is 0 Å². The van der Waals surface area contributed by atoms with Crippen molar-refractivity contribution in [2.45, 2.75) is 37.5 Å². The molecule has 0 aliphatic rings. The highest BCUT2D eigenvalue weighted by Crippen LogP contribution is 2.24. The zero-order valence-electron chi connectivity index (χ0n) is 11.6. The van der Waals surface area contributed by atoms with Crippen LogP contribution in [0.2, 0.25) is 5.02 Å². The average Bonchev–Trinajstić information content (AvgIpc) is 2.83. The van der Waals surface area contributed by atoms with Crippen LogP contribution in [-0.4, -0.2) is 14.0 Å². The normalized spacial score (nSPS) is 12.6. The van der Waals surface area contributed by atoms with Crippen molar-refractivity contribution < 1.29 is 4.21 Å². The maximum Gasteiger partial charge on any atom is 0.0703 e. The minimum absolute atomic E-state index is 0.393. The fourth-order valence-electron chi connectivity index (χ4n) is 1.98. The number of benzene rings is 1. The molecule has 2 aromatic rings. The summed E-state index contributed by atoms with van der Waals surface area (Å²) in [6.07, 6.45) is 0.867. The number of nitrogen functional groups attached to an aromatic ring is 1. The summed E-state index contributed by atoms with van der Waals surface area (Å²) < 4.78 is 14.4. The van der Waals surface area contributed by atoms with Gasteiger partial charge in [0.15, 0.2) is 0 Å². The van der Waals surface area contributed by atoms with E-state index in [2.05, 4.69) is 12.0 Å². The summed E-state index contributed by atoms with van der Waals surface area (Å²) in [6.45, 7) is 4.83. The first-order valence-electron chi connectivity index (χ1n) is 6.54. The van der Waals surface area contributed by atoms with Gasteiger partial charge in [0, 0.05) is 12.2 Å². The molecule has 1 aromatic carbocycles. The van der Waals surface area contributed by atoms with E-state index in [4.69, 9.17) is 17.3 Å². The summed E-state index contributed by atoms with van der Waals surface area (Å²) in [5, 5.41) is 4.94. The van der Waals surface area contributed by atoms with E-state index in [-0.39, 0.29) is 0 Å². The highest BCUT2D eigenvalue weighted by atomic mass is 35.5. The Balaban J connectivity index is 2.27. The highest BCUT2D eigenvalue weighted by Gasteiger charge is 2.14. The number of nitrogens with two attached hydrogens (primary N) is 1. The monoisotopic (exact) mass is 311 g/mol. The Morgan fingerprint density at radius 2 is 2.10 bits per heavy atom. The van der Waals surface area contributed by atoms with Crippen LogP contribution in [0.1, 0.15) is 25.2 Å². The minimum Gasteiger partial charge on any atom is -0.399 e. The predicted octanol–water partition coefficient (Wildman–Crippen LogP) is 3.01. The van der Waals surface area contributed by atoms with E-state index in [9.17, 15) is 4.21 Å². The molecule has 1 atom stereocenters. The molecule has 1 unspecified atom stereocenters. The molecule has 0 amide bonds. The third kappa shape index (κ3) is 3.22. The Kier molecular flexibility index (Phi) is 4.83. The van der Waals surface area contributed by atoms with Crippen LogP contribution in [-0.2, 0) is 29.5 Å². The summed E-state index contributed by atoms with van der Waals surface area (Å²) in [6, 6.07) is 7.06. The zero-order chi connectivity index (χ0) is 14.7. The summed E-state index contributed by atoms with van der Waals surface area (Å²) in [7, 11) is -1.23. The Morgan fingerprint density at radius 1 is 1.35 bits per heavy atom. The molecule has 0 saturated carbocycles. The molecule has 0 aliphatic carbocycles. The van der Waals surface area contributed by atoms with Gasteiger partial charge in [0.1, 0.15) is 0 Å². The van der Waals surface area contributed by atoms with Crippen LogP contribution in [0.5, 0.6) is 0 Å². The van der Waals surface area contributed by atoms with Crippen LogP contribution < -0.4 is 5.73 Å². The van der Waals surface area contributed by atoms with Crippen molar-refractivity contribution in [1.82, 2.24) is 9.78 Å². The van der Waals surface area contributed by atoms with Gasteiger partial charge in [-0.2, -0.15) is 5.10 Å². The molecule has 2 rings (SSSR count). The van der Waals surface area contributed by atoms with Gasteiger partial charge >= 0.3 is 0 Å². The first kappa shape index (κ1) is 15.1. The van der Waals surface area contributed by atoms with E-state index in [0.717, 1.165) is 24.4 Å². The molecule has 1 heterocycles. The zero-order valence-corrected chi connectivity index (χ0v) is 13.2. The van der Waals surface area contributed by atoms with E-state index >= 15 is 0 Å². The van der Waals surface area contributed by atoms with Gasteiger partial charge in [-0.05, 0) is 37.6 Å². The third-order valence-corrected chi connectivity index (χ3v) is 4.88. The van der Waals surface area contributed by atoms with Gasteiger partial charge in [-0.3, -0.25) is 8.89 Å². The fourth-order valence-corrected chi connectivity index (χ4v) is 3.57. The van der Waals surface area contributed by atoms with Crippen LogP contribution in [0.3, 0.4) is 0 Å². The molecule has 0 spiro atoms. The van der Waals surface area contributed by atoms with Gasteiger partial charge < -0.3 is 5.73 Å². The number of hydrogen-bond donors (Lipinski definition) is 1. The number of rotatable bonds is 5. The first-order valence-corrected chi connectivity index (χ1v) is 8.23. The van der Waals surface area contributed by atoms with Crippen molar-refractivity contribution in [3.63, 3.8) is 0 Å². The van der Waals surface area contributed by atoms with Gasteiger partial charge in [0.05, 0.1) is 37.9 Å². The van der Waals surface area contributed by atoms with Crippen LogP contribution in [0.15, 0.2) is 29.2 Å². The molecular weight excluding hydrogens is 294 g/mol. The number of hydrogen-bond acceptors (Lipinski definition) is 3. The summed E-state index contributed by atoms with van der Waals surface area (Å²) in [4.78, 5) is 0.577. The molecule has 0 bridgehead atoms. The van der Waals surface area contributed by atoms with E-state index in [1.54, 1.807) is 18.2 Å². The highest BCUT2D eigenvalue weighted by molar-refractivity contribution is 7.84. The lowest BCUT2D eigenvalue weighted by Crippen LogP contribution is -2.06. The largest absolute Gasteiger partial charge is 0.399 e. The quantitative estimate of drug-likeness (QED) is 0.863. The molecule has 6 heteroatoms. The van der Waals surface area contributed by atoms with Gasteiger partial charge in [-0.15, -0.1) is 0 Å². The molecule has 0 radical (unpaired) electrons. The number of aryl methyl sites for hydroxylation is 2. The van der Waals surface area contributed by atoms with E-state index in [1.807, 2.05) is 17.7 Å². The number of anilines is 1. The molecule has 0 saturated heterocycles. The third-order valence-electron chi connectivity index (χ3n) is 3.06. The van der Waals surface area contributed by atoms with Crippen molar-refractivity contribution in [1.29, 1.82) is 0 Å². The molecule has 1 aromatic heterocycles. The Hall–Kier alpha value is -1.33. The van der Waals surface area contributed by atoms with Gasteiger partial charge in [0.25, 0.3) is 0 Å². The standard InChI is InChI=1S/C14H18ClN3OS/c1-3-11-8-12(18(4-2)17-11)9-20(19)14-7-10(16)5-6-13(14)15/h5-8H,3-4,9,16H2,1-2H3. The maximum atomic E-state index is 12.5. The van der Waals surface area contributed by atoms with E-state index < -0.39 is 10.8 Å². The fraction of sp³-hybridized carbons (Fsp3) is 0.357. The number of halogens is 1. The summed E-state index contributed by atoms with van der Waals surface area (Å²) >= 11 is 6.09. The van der Waals surface area contributed by atoms with Crippen molar-refractivity contribution >= 4 is 28.1 Å². The predicted molar refractivity (Wildman–Crippen MR) is 83.3 cm³/mol. The Bertz CT molecular complexity index is 639. The second-order valence-corrected chi connectivity index (χ2v) is 6.30. The molecule has 0 fully saturated rings. The topological polar surface area (TPSA) is 60.9 Å². The van der Waals surface area contributed by atoms with E-state index in [1.165, 1.54) is 0 Å². The Labute approximate surface area is 126 Å². The van der Waals surface area contributed by atoms with Crippen molar-refractivity contribution in [3.8, 4) is 0 Å². The van der Waals surface area contributed by atoms with Gasteiger partial charge in [-0.1, -0.05) is 18.5 Å². The summed E-state index contributed by atoms with van der Waals surface area (Å²) in [5.74, 6) is 0.393. The smallest absolute Gasteiger partial charge is 0.0703 e. The Morgan fingerprint density at radius 3 is 2.75 bits per heavy atom.